The van der Waals surface area contributed by atoms with E-state index in [0.717, 1.165) is 30.4 Å². The largest absolute Gasteiger partial charge is 0.374 e. The van der Waals surface area contributed by atoms with Crippen molar-refractivity contribution in [1.29, 1.82) is 0 Å². The van der Waals surface area contributed by atoms with Gasteiger partial charge in [0.2, 0.25) is 0 Å². The fourth-order valence-electron chi connectivity index (χ4n) is 3.20. The van der Waals surface area contributed by atoms with Gasteiger partial charge in [-0.1, -0.05) is 23.8 Å². The van der Waals surface area contributed by atoms with E-state index in [1.165, 1.54) is 5.56 Å². The zero-order valence-electron chi connectivity index (χ0n) is 10.4. The fraction of sp³-hybridized carbons (Fsp3) is 0.533. The Morgan fingerprint density at radius 1 is 1.29 bits per heavy atom. The second-order valence-electron chi connectivity index (χ2n) is 5.40. The molecule has 0 saturated carbocycles. The molecule has 2 aliphatic rings. The Morgan fingerprint density at radius 3 is 2.71 bits per heavy atom. The number of fused-ring (bicyclic) bond motifs is 2. The van der Waals surface area contributed by atoms with Gasteiger partial charge in [-0.15, -0.1) is 0 Å². The van der Waals surface area contributed by atoms with Crippen molar-refractivity contribution in [2.45, 2.75) is 45.3 Å². The maximum absolute atomic E-state index is 12.5. The lowest BCUT2D eigenvalue weighted by atomic mass is 9.82. The summed E-state index contributed by atoms with van der Waals surface area (Å²) in [4.78, 5) is 12.5. The van der Waals surface area contributed by atoms with E-state index < -0.39 is 0 Å². The molecule has 2 saturated heterocycles. The summed E-state index contributed by atoms with van der Waals surface area (Å²) in [6, 6.07) is 6.08. The second kappa shape index (κ2) is 3.95. The highest BCUT2D eigenvalue weighted by Gasteiger charge is 2.44. The van der Waals surface area contributed by atoms with Crippen LogP contribution < -0.4 is 0 Å². The first-order valence-electron chi connectivity index (χ1n) is 6.42. The number of hydrogen-bond acceptors (Lipinski definition) is 2. The van der Waals surface area contributed by atoms with Crippen molar-refractivity contribution in [3.05, 3.63) is 34.9 Å². The fourth-order valence-corrected chi connectivity index (χ4v) is 3.20. The number of ether oxygens (including phenoxy) is 1. The van der Waals surface area contributed by atoms with Crippen LogP contribution in [0.1, 0.15) is 40.7 Å². The molecule has 2 aliphatic heterocycles. The van der Waals surface area contributed by atoms with Crippen LogP contribution in [0.3, 0.4) is 0 Å². The van der Waals surface area contributed by atoms with Crippen molar-refractivity contribution >= 4 is 5.78 Å². The van der Waals surface area contributed by atoms with E-state index in [4.69, 9.17) is 4.74 Å². The summed E-state index contributed by atoms with van der Waals surface area (Å²) in [6.07, 6.45) is 3.66. The summed E-state index contributed by atoms with van der Waals surface area (Å²) >= 11 is 0. The van der Waals surface area contributed by atoms with Crippen LogP contribution in [-0.2, 0) is 4.74 Å². The molecule has 0 aliphatic carbocycles. The molecule has 1 aromatic rings. The molecule has 0 aromatic heterocycles. The zero-order valence-corrected chi connectivity index (χ0v) is 10.4. The van der Waals surface area contributed by atoms with Crippen molar-refractivity contribution in [2.75, 3.05) is 0 Å². The number of benzene rings is 1. The minimum Gasteiger partial charge on any atom is -0.374 e. The van der Waals surface area contributed by atoms with E-state index in [0.29, 0.717) is 6.10 Å². The molecule has 3 unspecified atom stereocenters. The third kappa shape index (κ3) is 1.81. The van der Waals surface area contributed by atoms with Gasteiger partial charge in [0, 0.05) is 5.56 Å². The van der Waals surface area contributed by atoms with Crippen molar-refractivity contribution < 1.29 is 9.53 Å². The quantitative estimate of drug-likeness (QED) is 0.730. The van der Waals surface area contributed by atoms with Crippen LogP contribution in [0.5, 0.6) is 0 Å². The van der Waals surface area contributed by atoms with Gasteiger partial charge in [-0.3, -0.25) is 4.79 Å². The zero-order chi connectivity index (χ0) is 12.0. The van der Waals surface area contributed by atoms with Crippen LogP contribution in [0, 0.1) is 19.8 Å². The van der Waals surface area contributed by atoms with Gasteiger partial charge in [0.1, 0.15) is 0 Å². The van der Waals surface area contributed by atoms with Crippen LogP contribution in [-0.4, -0.2) is 18.0 Å². The van der Waals surface area contributed by atoms with Gasteiger partial charge < -0.3 is 4.74 Å². The lowest BCUT2D eigenvalue weighted by Crippen LogP contribution is -2.25. The topological polar surface area (TPSA) is 26.3 Å². The van der Waals surface area contributed by atoms with Crippen molar-refractivity contribution in [3.8, 4) is 0 Å². The van der Waals surface area contributed by atoms with E-state index in [9.17, 15) is 4.79 Å². The molecule has 2 nitrogen and oxygen atoms in total. The van der Waals surface area contributed by atoms with E-state index in [2.05, 4.69) is 13.0 Å². The minimum atomic E-state index is 0.107. The first kappa shape index (κ1) is 11.0. The number of ketones is 1. The Morgan fingerprint density at radius 2 is 2.12 bits per heavy atom. The monoisotopic (exact) mass is 230 g/mol. The summed E-state index contributed by atoms with van der Waals surface area (Å²) in [5, 5.41) is 0. The van der Waals surface area contributed by atoms with Crippen LogP contribution in [0.2, 0.25) is 0 Å². The smallest absolute Gasteiger partial charge is 0.168 e. The molecule has 0 spiro atoms. The van der Waals surface area contributed by atoms with Crippen LogP contribution in [0.4, 0.5) is 0 Å². The predicted octanol–water partition coefficient (Wildman–Crippen LogP) is 3.05. The van der Waals surface area contributed by atoms with E-state index in [1.807, 2.05) is 19.1 Å². The highest BCUT2D eigenvalue weighted by atomic mass is 16.5. The second-order valence-corrected chi connectivity index (χ2v) is 5.40. The van der Waals surface area contributed by atoms with E-state index in [1.54, 1.807) is 0 Å². The molecule has 3 rings (SSSR count). The maximum atomic E-state index is 12.5. The molecule has 1 aromatic carbocycles. The predicted molar refractivity (Wildman–Crippen MR) is 66.2 cm³/mol. The van der Waals surface area contributed by atoms with Gasteiger partial charge in [-0.05, 0) is 38.7 Å². The van der Waals surface area contributed by atoms with Gasteiger partial charge in [0.25, 0.3) is 0 Å². The van der Waals surface area contributed by atoms with Gasteiger partial charge in [-0.2, -0.15) is 0 Å². The van der Waals surface area contributed by atoms with Crippen molar-refractivity contribution in [3.63, 3.8) is 0 Å². The summed E-state index contributed by atoms with van der Waals surface area (Å²) in [7, 11) is 0. The standard InChI is InChI=1S/C15H18O2/c1-9-3-5-12(10(2)7-9)15(16)13-8-11-4-6-14(13)17-11/h3,5,7,11,13-14H,4,6,8H2,1-2H3. The number of Topliss-reactive ketones (excluding diaryl/α,β-unsaturated/α-hetero) is 1. The average Bonchev–Trinajstić information content (AvgIpc) is 2.89. The molecule has 2 heterocycles. The maximum Gasteiger partial charge on any atom is 0.168 e. The summed E-state index contributed by atoms with van der Waals surface area (Å²) in [5.41, 5.74) is 3.19. The molecule has 3 atom stereocenters. The molecule has 2 fully saturated rings. The number of rotatable bonds is 2. The van der Waals surface area contributed by atoms with Crippen LogP contribution in [0.25, 0.3) is 0 Å². The third-order valence-corrected chi connectivity index (χ3v) is 4.09. The van der Waals surface area contributed by atoms with Gasteiger partial charge in [0.15, 0.2) is 5.78 Å². The van der Waals surface area contributed by atoms with Gasteiger partial charge >= 0.3 is 0 Å². The highest BCUT2D eigenvalue weighted by molar-refractivity contribution is 5.99. The lowest BCUT2D eigenvalue weighted by molar-refractivity contribution is 0.0743. The number of carbonyl (C=O) groups is 1. The summed E-state index contributed by atoms with van der Waals surface area (Å²) in [6.45, 7) is 4.08. The Labute approximate surface area is 102 Å². The molecule has 0 radical (unpaired) electrons. The molecule has 17 heavy (non-hydrogen) atoms. The van der Waals surface area contributed by atoms with Gasteiger partial charge in [0.05, 0.1) is 18.1 Å². The van der Waals surface area contributed by atoms with Crippen LogP contribution in [0.15, 0.2) is 18.2 Å². The number of carbonyl (C=O) groups excluding carboxylic acids is 1. The molecule has 0 amide bonds. The highest BCUT2D eigenvalue weighted by Crippen LogP contribution is 2.40. The summed E-state index contributed by atoms with van der Waals surface area (Å²) in [5.74, 6) is 0.393. The Hall–Kier alpha value is -1.15. The Kier molecular flexibility index (Phi) is 2.55. The van der Waals surface area contributed by atoms with Crippen LogP contribution >= 0.6 is 0 Å². The first-order chi connectivity index (χ1) is 8.15. The van der Waals surface area contributed by atoms with E-state index in [-0.39, 0.29) is 17.8 Å². The normalized spacial score (nSPS) is 30.8. The number of hydrogen-bond donors (Lipinski definition) is 0. The Balaban J connectivity index is 1.87. The molecular weight excluding hydrogens is 212 g/mol. The SMILES string of the molecule is Cc1ccc(C(=O)C2CC3CCC2O3)c(C)c1. The third-order valence-electron chi connectivity index (χ3n) is 4.09. The Bertz CT molecular complexity index is 464. The van der Waals surface area contributed by atoms with Crippen molar-refractivity contribution in [2.24, 2.45) is 5.92 Å². The molecule has 2 bridgehead atoms. The lowest BCUT2D eigenvalue weighted by Gasteiger charge is -2.18. The first-order valence-corrected chi connectivity index (χ1v) is 6.42. The minimum absolute atomic E-state index is 0.107. The molecular formula is C15H18O2. The molecule has 2 heteroatoms. The van der Waals surface area contributed by atoms with Gasteiger partial charge in [-0.25, -0.2) is 0 Å². The molecule has 0 N–H and O–H groups in total. The molecule has 90 valence electrons. The summed E-state index contributed by atoms with van der Waals surface area (Å²) < 4.78 is 5.77. The average molecular weight is 230 g/mol. The van der Waals surface area contributed by atoms with Crippen molar-refractivity contribution in [1.82, 2.24) is 0 Å². The number of aryl methyl sites for hydroxylation is 2. The van der Waals surface area contributed by atoms with E-state index >= 15 is 0 Å².